The molecule has 0 saturated heterocycles. The fourth-order valence-electron chi connectivity index (χ4n) is 1.46. The highest BCUT2D eigenvalue weighted by molar-refractivity contribution is 9.10. The standard InChI is InChI=1S/C12H12BrN3O/c1-16(11-7-9(13)4-6-15-11)12(17)8-10-3-2-5-14-10/h2-7,14H,8H2,1H3. The van der Waals surface area contributed by atoms with Crippen molar-refractivity contribution in [2.45, 2.75) is 6.42 Å². The molecule has 2 aromatic rings. The zero-order chi connectivity index (χ0) is 12.3. The molecular formula is C12H12BrN3O. The minimum atomic E-state index is -0.00181. The largest absolute Gasteiger partial charge is 0.365 e. The number of pyridine rings is 1. The van der Waals surface area contributed by atoms with Crippen molar-refractivity contribution in [3.05, 3.63) is 46.8 Å². The summed E-state index contributed by atoms with van der Waals surface area (Å²) in [6, 6.07) is 7.40. The Hall–Kier alpha value is -1.62. The molecule has 0 aliphatic heterocycles. The van der Waals surface area contributed by atoms with E-state index < -0.39 is 0 Å². The molecule has 1 amide bonds. The molecule has 0 aliphatic carbocycles. The van der Waals surface area contributed by atoms with Crippen LogP contribution in [0, 0.1) is 0 Å². The minimum Gasteiger partial charge on any atom is -0.365 e. The molecule has 4 nitrogen and oxygen atoms in total. The molecule has 0 radical (unpaired) electrons. The zero-order valence-electron chi connectivity index (χ0n) is 9.35. The minimum absolute atomic E-state index is 0.00181. The number of carbonyl (C=O) groups is 1. The second kappa shape index (κ2) is 5.14. The van der Waals surface area contributed by atoms with Gasteiger partial charge in [-0.25, -0.2) is 4.98 Å². The van der Waals surface area contributed by atoms with Gasteiger partial charge in [0.25, 0.3) is 0 Å². The average molecular weight is 294 g/mol. The number of H-pyrrole nitrogens is 1. The maximum Gasteiger partial charge on any atom is 0.233 e. The first-order valence-corrected chi connectivity index (χ1v) is 5.96. The smallest absolute Gasteiger partial charge is 0.233 e. The van der Waals surface area contributed by atoms with Gasteiger partial charge in [-0.2, -0.15) is 0 Å². The molecule has 0 fully saturated rings. The highest BCUT2D eigenvalue weighted by atomic mass is 79.9. The third kappa shape index (κ3) is 2.94. The van der Waals surface area contributed by atoms with Gasteiger partial charge in [-0.3, -0.25) is 9.69 Å². The number of nitrogens with zero attached hydrogens (tertiary/aromatic N) is 2. The maximum atomic E-state index is 12.0. The van der Waals surface area contributed by atoms with Gasteiger partial charge < -0.3 is 4.98 Å². The number of aromatic amines is 1. The molecule has 0 aromatic carbocycles. The summed E-state index contributed by atoms with van der Waals surface area (Å²) in [7, 11) is 1.72. The number of rotatable bonds is 3. The molecule has 2 heterocycles. The van der Waals surface area contributed by atoms with E-state index in [0.29, 0.717) is 12.2 Å². The maximum absolute atomic E-state index is 12.0. The van der Waals surface area contributed by atoms with Crippen LogP contribution in [0.15, 0.2) is 41.1 Å². The van der Waals surface area contributed by atoms with Crippen LogP contribution >= 0.6 is 15.9 Å². The van der Waals surface area contributed by atoms with Crippen LogP contribution in [0.25, 0.3) is 0 Å². The van der Waals surface area contributed by atoms with E-state index in [0.717, 1.165) is 10.2 Å². The molecule has 0 saturated carbocycles. The molecule has 88 valence electrons. The van der Waals surface area contributed by atoms with Crippen molar-refractivity contribution in [2.75, 3.05) is 11.9 Å². The van der Waals surface area contributed by atoms with E-state index in [1.165, 1.54) is 0 Å². The van der Waals surface area contributed by atoms with Crippen LogP contribution in [0.1, 0.15) is 5.69 Å². The second-order valence-corrected chi connectivity index (χ2v) is 4.57. The Labute approximate surface area is 108 Å². The Bertz CT molecular complexity index is 510. The number of nitrogens with one attached hydrogen (secondary N) is 1. The van der Waals surface area contributed by atoms with Crippen LogP contribution in [0.3, 0.4) is 0 Å². The van der Waals surface area contributed by atoms with E-state index in [9.17, 15) is 4.79 Å². The Balaban J connectivity index is 2.09. The molecular weight excluding hydrogens is 282 g/mol. The summed E-state index contributed by atoms with van der Waals surface area (Å²) in [4.78, 5) is 20.7. The lowest BCUT2D eigenvalue weighted by atomic mass is 10.3. The van der Waals surface area contributed by atoms with Gasteiger partial charge in [0.2, 0.25) is 5.91 Å². The first kappa shape index (κ1) is 11.9. The van der Waals surface area contributed by atoms with Crippen LogP contribution in [-0.2, 0) is 11.2 Å². The highest BCUT2D eigenvalue weighted by Crippen LogP contribution is 2.16. The molecule has 0 spiro atoms. The van der Waals surface area contributed by atoms with E-state index in [-0.39, 0.29) is 5.91 Å². The van der Waals surface area contributed by atoms with Crippen molar-refractivity contribution in [1.29, 1.82) is 0 Å². The van der Waals surface area contributed by atoms with Gasteiger partial charge in [-0.1, -0.05) is 15.9 Å². The van der Waals surface area contributed by atoms with Crippen molar-refractivity contribution in [3.63, 3.8) is 0 Å². The van der Waals surface area contributed by atoms with Gasteiger partial charge >= 0.3 is 0 Å². The Kier molecular flexibility index (Phi) is 3.58. The topological polar surface area (TPSA) is 49.0 Å². The molecule has 0 bridgehead atoms. The highest BCUT2D eigenvalue weighted by Gasteiger charge is 2.13. The Morgan fingerprint density at radius 2 is 2.35 bits per heavy atom. The number of aromatic nitrogens is 2. The number of likely N-dealkylation sites (N-methyl/N-ethyl adjacent to an activating group) is 1. The zero-order valence-corrected chi connectivity index (χ0v) is 10.9. The van der Waals surface area contributed by atoms with E-state index in [2.05, 4.69) is 25.9 Å². The summed E-state index contributed by atoms with van der Waals surface area (Å²) >= 11 is 3.36. The Morgan fingerprint density at radius 3 is 3.00 bits per heavy atom. The summed E-state index contributed by atoms with van der Waals surface area (Å²) in [5, 5.41) is 0. The van der Waals surface area contributed by atoms with Crippen molar-refractivity contribution in [3.8, 4) is 0 Å². The third-order valence-electron chi connectivity index (χ3n) is 2.43. The monoisotopic (exact) mass is 293 g/mol. The number of amides is 1. The third-order valence-corrected chi connectivity index (χ3v) is 2.92. The first-order valence-electron chi connectivity index (χ1n) is 5.17. The molecule has 0 aliphatic rings. The van der Waals surface area contributed by atoms with Crippen LogP contribution in [0.2, 0.25) is 0 Å². The summed E-state index contributed by atoms with van der Waals surface area (Å²) in [5.74, 6) is 0.633. The number of halogens is 1. The van der Waals surface area contributed by atoms with Gasteiger partial charge in [-0.05, 0) is 24.3 Å². The number of hydrogen-bond donors (Lipinski definition) is 1. The summed E-state index contributed by atoms with van der Waals surface area (Å²) < 4.78 is 0.905. The lowest BCUT2D eigenvalue weighted by Gasteiger charge is -2.15. The molecule has 0 unspecified atom stereocenters. The van der Waals surface area contributed by atoms with Gasteiger partial charge in [-0.15, -0.1) is 0 Å². The van der Waals surface area contributed by atoms with Crippen molar-refractivity contribution < 1.29 is 4.79 Å². The second-order valence-electron chi connectivity index (χ2n) is 3.66. The number of carbonyl (C=O) groups excluding carboxylic acids is 1. The van der Waals surface area contributed by atoms with Crippen LogP contribution in [-0.4, -0.2) is 22.9 Å². The van der Waals surface area contributed by atoms with E-state index in [4.69, 9.17) is 0 Å². The number of hydrogen-bond acceptors (Lipinski definition) is 2. The fourth-order valence-corrected chi connectivity index (χ4v) is 1.79. The lowest BCUT2D eigenvalue weighted by Crippen LogP contribution is -2.28. The SMILES string of the molecule is CN(C(=O)Cc1ccc[nH]1)c1cc(Br)ccn1. The summed E-state index contributed by atoms with van der Waals surface area (Å²) in [6.07, 6.45) is 3.81. The predicted octanol–water partition coefficient (Wildman–Crippen LogP) is 2.38. The predicted molar refractivity (Wildman–Crippen MR) is 69.8 cm³/mol. The van der Waals surface area contributed by atoms with Gasteiger partial charge in [0.15, 0.2) is 0 Å². The van der Waals surface area contributed by atoms with Crippen molar-refractivity contribution >= 4 is 27.7 Å². The molecule has 2 rings (SSSR count). The molecule has 17 heavy (non-hydrogen) atoms. The molecule has 2 aromatic heterocycles. The quantitative estimate of drug-likeness (QED) is 0.945. The normalized spacial score (nSPS) is 10.2. The lowest BCUT2D eigenvalue weighted by molar-refractivity contribution is -0.117. The molecule has 5 heteroatoms. The molecule has 0 atom stereocenters. The van der Waals surface area contributed by atoms with Crippen LogP contribution in [0.5, 0.6) is 0 Å². The van der Waals surface area contributed by atoms with Crippen LogP contribution in [0.4, 0.5) is 5.82 Å². The van der Waals surface area contributed by atoms with E-state index in [1.807, 2.05) is 24.3 Å². The average Bonchev–Trinajstić information content (AvgIpc) is 2.80. The van der Waals surface area contributed by atoms with Gasteiger partial charge in [0.05, 0.1) is 6.42 Å². The number of anilines is 1. The van der Waals surface area contributed by atoms with Crippen molar-refractivity contribution in [2.24, 2.45) is 0 Å². The fraction of sp³-hybridized carbons (Fsp3) is 0.167. The Morgan fingerprint density at radius 1 is 1.53 bits per heavy atom. The van der Waals surface area contributed by atoms with E-state index in [1.54, 1.807) is 24.3 Å². The van der Waals surface area contributed by atoms with Gasteiger partial charge in [0, 0.05) is 29.6 Å². The van der Waals surface area contributed by atoms with Crippen molar-refractivity contribution in [1.82, 2.24) is 9.97 Å². The van der Waals surface area contributed by atoms with Gasteiger partial charge in [0.1, 0.15) is 5.82 Å². The summed E-state index contributed by atoms with van der Waals surface area (Å²) in [5.41, 5.74) is 0.900. The summed E-state index contributed by atoms with van der Waals surface area (Å²) in [6.45, 7) is 0. The first-order chi connectivity index (χ1) is 8.16. The molecule has 1 N–H and O–H groups in total. The van der Waals surface area contributed by atoms with Crippen LogP contribution < -0.4 is 4.90 Å². The van der Waals surface area contributed by atoms with E-state index >= 15 is 0 Å².